The van der Waals surface area contributed by atoms with Gasteiger partial charge in [-0.2, -0.15) is 0 Å². The van der Waals surface area contributed by atoms with E-state index < -0.39 is 11.4 Å². The first-order valence-corrected chi connectivity index (χ1v) is 15.8. The lowest BCUT2D eigenvalue weighted by molar-refractivity contribution is -0.227. The molecule has 9 atom stereocenters. The van der Waals surface area contributed by atoms with Crippen molar-refractivity contribution in [2.45, 2.75) is 105 Å². The fourth-order valence-electron chi connectivity index (χ4n) is 12.8. The average molecular weight is 528 g/mol. The van der Waals surface area contributed by atoms with Gasteiger partial charge in [-0.05, 0) is 122 Å². The minimum absolute atomic E-state index is 0.113. The van der Waals surface area contributed by atoms with Crippen LogP contribution in [-0.4, -0.2) is 16.1 Å². The molecule has 5 unspecified atom stereocenters. The van der Waals surface area contributed by atoms with Gasteiger partial charge in [0, 0.05) is 22.0 Å². The van der Waals surface area contributed by atoms with Gasteiger partial charge in [-0.3, -0.25) is 4.79 Å². The Balaban J connectivity index is 1.33. The zero-order valence-electron chi connectivity index (χ0n) is 25.1. The highest BCUT2D eigenvalue weighted by Crippen LogP contribution is 2.77. The minimum atomic E-state index is -0.538. The van der Waals surface area contributed by atoms with E-state index in [1.54, 1.807) is 5.56 Å². The zero-order valence-corrected chi connectivity index (χ0v) is 25.1. The Kier molecular flexibility index (Phi) is 5.20. The summed E-state index contributed by atoms with van der Waals surface area (Å²) in [6.45, 7) is 19.5. The van der Waals surface area contributed by atoms with Gasteiger partial charge in [-0.1, -0.05) is 65.0 Å². The molecule has 0 amide bonds. The first kappa shape index (κ1) is 25.9. The van der Waals surface area contributed by atoms with E-state index in [0.717, 1.165) is 25.7 Å². The molecule has 0 saturated heterocycles. The van der Waals surface area contributed by atoms with Crippen LogP contribution in [0.15, 0.2) is 36.4 Å². The number of aliphatic carboxylic acids is 1. The van der Waals surface area contributed by atoms with Gasteiger partial charge in [0.1, 0.15) is 0 Å². The van der Waals surface area contributed by atoms with Crippen molar-refractivity contribution in [2.24, 2.45) is 51.2 Å². The highest BCUT2D eigenvalue weighted by atomic mass is 16.4. The van der Waals surface area contributed by atoms with Crippen LogP contribution in [0.4, 0.5) is 0 Å². The molecule has 2 N–H and O–H groups in total. The molecular weight excluding hydrogens is 478 g/mol. The third-order valence-electron chi connectivity index (χ3n) is 14.6. The van der Waals surface area contributed by atoms with Crippen molar-refractivity contribution >= 4 is 16.9 Å². The van der Waals surface area contributed by atoms with Crippen molar-refractivity contribution in [1.29, 1.82) is 0 Å². The van der Waals surface area contributed by atoms with E-state index >= 15 is 0 Å². The Hall–Kier alpha value is -2.03. The smallest absolute Gasteiger partial charge is 0.309 e. The molecule has 1 heterocycles. The SMILES string of the molecule is C=C(C)C1CC[C@]2(C(=O)O)CC[C@]3(C)C(CCC4[C@@]5(C)Cc6c([nH]c7ccccc67)C(C)(C)C5CC[C@]43C)C12. The summed E-state index contributed by atoms with van der Waals surface area (Å²) < 4.78 is 0. The summed E-state index contributed by atoms with van der Waals surface area (Å²) in [5.41, 5.74) is 5.78. The van der Waals surface area contributed by atoms with Crippen molar-refractivity contribution in [3.05, 3.63) is 47.7 Å². The Morgan fingerprint density at radius 3 is 2.38 bits per heavy atom. The molecule has 5 aliphatic carbocycles. The number of H-pyrrole nitrogens is 1. The van der Waals surface area contributed by atoms with Crippen LogP contribution in [-0.2, 0) is 16.6 Å². The van der Waals surface area contributed by atoms with Crippen LogP contribution in [0.2, 0.25) is 0 Å². The zero-order chi connectivity index (χ0) is 27.8. The number of aromatic nitrogens is 1. The van der Waals surface area contributed by atoms with Gasteiger partial charge < -0.3 is 10.1 Å². The van der Waals surface area contributed by atoms with Gasteiger partial charge in [-0.25, -0.2) is 0 Å². The predicted octanol–water partition coefficient (Wildman–Crippen LogP) is 8.92. The fourth-order valence-corrected chi connectivity index (χ4v) is 12.8. The minimum Gasteiger partial charge on any atom is -0.481 e. The molecule has 3 nitrogen and oxygen atoms in total. The van der Waals surface area contributed by atoms with Crippen molar-refractivity contribution in [1.82, 2.24) is 4.98 Å². The third-order valence-corrected chi connectivity index (χ3v) is 14.6. The number of hydrogen-bond donors (Lipinski definition) is 2. The summed E-state index contributed by atoms with van der Waals surface area (Å²) in [6, 6.07) is 8.94. The monoisotopic (exact) mass is 527 g/mol. The maximum atomic E-state index is 12.9. The van der Waals surface area contributed by atoms with E-state index in [1.165, 1.54) is 54.3 Å². The predicted molar refractivity (Wildman–Crippen MR) is 159 cm³/mol. The molecule has 210 valence electrons. The molecule has 0 aliphatic heterocycles. The number of carboxylic acid groups (broad SMARTS) is 1. The average Bonchev–Trinajstić information content (AvgIpc) is 3.45. The molecule has 0 spiro atoms. The largest absolute Gasteiger partial charge is 0.481 e. The van der Waals surface area contributed by atoms with Gasteiger partial charge in [0.2, 0.25) is 0 Å². The Morgan fingerprint density at radius 1 is 0.923 bits per heavy atom. The van der Waals surface area contributed by atoms with Crippen LogP contribution in [0.5, 0.6) is 0 Å². The van der Waals surface area contributed by atoms with Crippen molar-refractivity contribution in [2.75, 3.05) is 0 Å². The Labute approximate surface area is 235 Å². The number of para-hydroxylation sites is 1. The number of allylic oxidation sites excluding steroid dienone is 1. The molecule has 0 radical (unpaired) electrons. The maximum absolute atomic E-state index is 12.9. The number of nitrogens with one attached hydrogen (secondary N) is 1. The van der Waals surface area contributed by atoms with Gasteiger partial charge in [0.05, 0.1) is 5.41 Å². The summed E-state index contributed by atoms with van der Waals surface area (Å²) in [7, 11) is 0. The number of rotatable bonds is 2. The number of hydrogen-bond acceptors (Lipinski definition) is 1. The van der Waals surface area contributed by atoms with E-state index in [1.807, 2.05) is 0 Å². The highest BCUT2D eigenvalue weighted by molar-refractivity contribution is 5.85. The number of benzene rings is 1. The molecule has 3 heteroatoms. The highest BCUT2D eigenvalue weighted by Gasteiger charge is 2.72. The molecule has 2 aromatic rings. The topological polar surface area (TPSA) is 53.1 Å². The third kappa shape index (κ3) is 2.93. The number of fused-ring (bicyclic) bond motifs is 10. The summed E-state index contributed by atoms with van der Waals surface area (Å²) in [6.07, 6.45) is 9.91. The molecule has 4 fully saturated rings. The molecule has 1 aromatic carbocycles. The van der Waals surface area contributed by atoms with E-state index in [2.05, 4.69) is 77.4 Å². The second-order valence-corrected chi connectivity index (χ2v) is 16.1. The van der Waals surface area contributed by atoms with Gasteiger partial charge in [0.15, 0.2) is 0 Å². The lowest BCUT2D eigenvalue weighted by atomic mass is 9.32. The molecule has 5 aliphatic rings. The summed E-state index contributed by atoms with van der Waals surface area (Å²) in [5.74, 6) is 1.88. The molecule has 7 rings (SSSR count). The number of carboxylic acids is 1. The first-order valence-electron chi connectivity index (χ1n) is 15.8. The Morgan fingerprint density at radius 2 is 1.67 bits per heavy atom. The Bertz CT molecular complexity index is 1380. The second-order valence-electron chi connectivity index (χ2n) is 16.1. The molecule has 39 heavy (non-hydrogen) atoms. The maximum Gasteiger partial charge on any atom is 0.309 e. The van der Waals surface area contributed by atoms with Crippen molar-refractivity contribution in [3.8, 4) is 0 Å². The van der Waals surface area contributed by atoms with Crippen LogP contribution in [0, 0.1) is 51.2 Å². The van der Waals surface area contributed by atoms with Crippen LogP contribution in [0.3, 0.4) is 0 Å². The summed E-state index contributed by atoms with van der Waals surface area (Å²) in [4.78, 5) is 16.8. The van der Waals surface area contributed by atoms with E-state index in [-0.39, 0.29) is 27.6 Å². The molecule has 4 saturated carbocycles. The second kappa shape index (κ2) is 7.83. The number of aromatic amines is 1. The van der Waals surface area contributed by atoms with Crippen molar-refractivity contribution < 1.29 is 9.90 Å². The van der Waals surface area contributed by atoms with Gasteiger partial charge in [-0.15, -0.1) is 0 Å². The lowest BCUT2D eigenvalue weighted by Crippen LogP contribution is -2.66. The van der Waals surface area contributed by atoms with Crippen LogP contribution in [0.1, 0.15) is 104 Å². The van der Waals surface area contributed by atoms with Crippen molar-refractivity contribution in [3.63, 3.8) is 0 Å². The van der Waals surface area contributed by atoms with Crippen LogP contribution >= 0.6 is 0 Å². The van der Waals surface area contributed by atoms with E-state index in [4.69, 9.17) is 0 Å². The van der Waals surface area contributed by atoms with Crippen LogP contribution < -0.4 is 0 Å². The standard InChI is InChI=1S/C36H49NO2/c1-21(2)22-14-17-36(31(38)39)19-18-34(6)25(29(22)36)12-13-28-33(5)20-24-23-10-8-9-11-26(23)37-30(24)32(3,4)27(33)15-16-35(28,34)7/h8-11,22,25,27-29,37H,1,12-20H2,2-7H3,(H,38,39)/t22?,25?,27?,28?,29?,33-,34+,35+,36-/m0/s1. The number of carbonyl (C=O) groups is 1. The lowest BCUT2D eigenvalue weighted by Gasteiger charge is -2.72. The van der Waals surface area contributed by atoms with Gasteiger partial charge in [0.25, 0.3) is 0 Å². The quantitative estimate of drug-likeness (QED) is 0.383. The molecule has 0 bridgehead atoms. The van der Waals surface area contributed by atoms with E-state index in [9.17, 15) is 9.90 Å². The molecule has 1 aromatic heterocycles. The van der Waals surface area contributed by atoms with Crippen LogP contribution in [0.25, 0.3) is 10.9 Å². The summed E-state index contributed by atoms with van der Waals surface area (Å²) >= 11 is 0. The summed E-state index contributed by atoms with van der Waals surface area (Å²) in [5, 5.41) is 12.1. The molecular formula is C36H49NO2. The van der Waals surface area contributed by atoms with Gasteiger partial charge >= 0.3 is 5.97 Å². The van der Waals surface area contributed by atoms with E-state index in [0.29, 0.717) is 23.7 Å². The first-order chi connectivity index (χ1) is 18.3. The normalized spacial score (nSPS) is 45.9. The fraction of sp³-hybridized carbons (Fsp3) is 0.694.